The van der Waals surface area contributed by atoms with Gasteiger partial charge in [-0.05, 0) is 30.7 Å². The van der Waals surface area contributed by atoms with Crippen LogP contribution in [0.3, 0.4) is 0 Å². The molecule has 2 aromatic carbocycles. The van der Waals surface area contributed by atoms with Crippen molar-refractivity contribution in [3.8, 4) is 5.75 Å². The molecule has 0 saturated heterocycles. The number of anilines is 1. The number of non-ortho nitro benzene ring substituents is 1. The summed E-state index contributed by atoms with van der Waals surface area (Å²) in [5.41, 5.74) is 1.57. The average molecular weight is 286 g/mol. The monoisotopic (exact) mass is 286 g/mol. The maximum absolute atomic E-state index is 12.2. The van der Waals surface area contributed by atoms with Gasteiger partial charge >= 0.3 is 0 Å². The van der Waals surface area contributed by atoms with Crippen molar-refractivity contribution in [2.45, 2.75) is 6.92 Å². The minimum atomic E-state index is -0.538. The molecule has 0 aliphatic carbocycles. The summed E-state index contributed by atoms with van der Waals surface area (Å²) in [5, 5.41) is 13.4. The van der Waals surface area contributed by atoms with Crippen LogP contribution in [0.2, 0.25) is 0 Å². The molecule has 6 nitrogen and oxygen atoms in total. The maximum atomic E-state index is 12.2. The van der Waals surface area contributed by atoms with Crippen LogP contribution in [0.15, 0.2) is 42.5 Å². The van der Waals surface area contributed by atoms with Gasteiger partial charge in [0.25, 0.3) is 11.6 Å². The normalized spacial score (nSPS) is 10.0. The Balaban J connectivity index is 2.28. The predicted molar refractivity (Wildman–Crippen MR) is 78.8 cm³/mol. The number of carbonyl (C=O) groups excluding carboxylic acids is 1. The van der Waals surface area contributed by atoms with Crippen LogP contribution in [0.4, 0.5) is 11.4 Å². The van der Waals surface area contributed by atoms with E-state index < -0.39 is 10.8 Å². The largest absolute Gasteiger partial charge is 0.495 e. The summed E-state index contributed by atoms with van der Waals surface area (Å²) in [5.74, 6) is 0.0991. The second kappa shape index (κ2) is 6.04. The predicted octanol–water partition coefficient (Wildman–Crippen LogP) is 3.16. The zero-order chi connectivity index (χ0) is 15.4. The summed E-state index contributed by atoms with van der Waals surface area (Å²) in [4.78, 5) is 22.4. The van der Waals surface area contributed by atoms with Crippen molar-refractivity contribution in [2.24, 2.45) is 0 Å². The van der Waals surface area contributed by atoms with Gasteiger partial charge < -0.3 is 10.1 Å². The zero-order valence-corrected chi connectivity index (χ0v) is 11.6. The molecule has 21 heavy (non-hydrogen) atoms. The minimum Gasteiger partial charge on any atom is -0.495 e. The summed E-state index contributed by atoms with van der Waals surface area (Å²) < 4.78 is 5.18. The molecule has 0 aromatic heterocycles. The van der Waals surface area contributed by atoms with Crippen LogP contribution in [-0.2, 0) is 0 Å². The lowest BCUT2D eigenvalue weighted by atomic mass is 10.1. The number of carbonyl (C=O) groups is 1. The third-order valence-corrected chi connectivity index (χ3v) is 2.92. The van der Waals surface area contributed by atoms with Crippen molar-refractivity contribution in [3.05, 3.63) is 63.7 Å². The Hall–Kier alpha value is -2.89. The number of aryl methyl sites for hydroxylation is 1. The molecule has 2 aromatic rings. The lowest BCUT2D eigenvalue weighted by Crippen LogP contribution is -2.13. The van der Waals surface area contributed by atoms with Crippen molar-refractivity contribution in [2.75, 3.05) is 12.4 Å². The Morgan fingerprint density at radius 3 is 2.67 bits per heavy atom. The highest BCUT2D eigenvalue weighted by Gasteiger charge is 2.13. The number of hydrogen-bond acceptors (Lipinski definition) is 4. The number of hydrogen-bond donors (Lipinski definition) is 1. The highest BCUT2D eigenvalue weighted by Crippen LogP contribution is 2.26. The first-order valence-corrected chi connectivity index (χ1v) is 6.21. The van der Waals surface area contributed by atoms with Gasteiger partial charge in [-0.1, -0.05) is 12.1 Å². The number of rotatable bonds is 4. The summed E-state index contributed by atoms with van der Waals surface area (Å²) in [6.07, 6.45) is 0. The zero-order valence-electron chi connectivity index (χ0n) is 11.6. The topological polar surface area (TPSA) is 81.5 Å². The molecular weight excluding hydrogens is 272 g/mol. The molecule has 0 radical (unpaired) electrons. The van der Waals surface area contributed by atoms with Crippen LogP contribution < -0.4 is 10.1 Å². The fraction of sp³-hybridized carbons (Fsp3) is 0.133. The van der Waals surface area contributed by atoms with Crippen molar-refractivity contribution in [3.63, 3.8) is 0 Å². The van der Waals surface area contributed by atoms with E-state index in [1.807, 2.05) is 13.0 Å². The molecule has 0 bridgehead atoms. The van der Waals surface area contributed by atoms with E-state index in [1.54, 1.807) is 12.1 Å². The fourth-order valence-electron chi connectivity index (χ4n) is 1.87. The summed E-state index contributed by atoms with van der Waals surface area (Å²) in [7, 11) is 1.51. The van der Waals surface area contributed by atoms with Crippen molar-refractivity contribution < 1.29 is 14.5 Å². The molecule has 0 unspecified atom stereocenters. The molecule has 1 N–H and O–H groups in total. The second-order valence-corrected chi connectivity index (χ2v) is 4.47. The van der Waals surface area contributed by atoms with E-state index in [2.05, 4.69) is 5.32 Å². The van der Waals surface area contributed by atoms with Gasteiger partial charge in [0.2, 0.25) is 0 Å². The SMILES string of the molecule is COc1ccc(C)cc1NC(=O)c1cccc([N+](=O)[O-])c1. The third kappa shape index (κ3) is 3.36. The third-order valence-electron chi connectivity index (χ3n) is 2.92. The number of nitro groups is 1. The summed E-state index contributed by atoms with van der Waals surface area (Å²) >= 11 is 0. The first-order valence-electron chi connectivity index (χ1n) is 6.21. The summed E-state index contributed by atoms with van der Waals surface area (Å²) in [6, 6.07) is 10.9. The van der Waals surface area contributed by atoms with Gasteiger partial charge in [-0.15, -0.1) is 0 Å². The molecule has 108 valence electrons. The maximum Gasteiger partial charge on any atom is 0.270 e. The number of nitro benzene ring substituents is 1. The van der Waals surface area contributed by atoms with Crippen LogP contribution in [0.5, 0.6) is 5.75 Å². The van der Waals surface area contributed by atoms with Crippen LogP contribution in [0.1, 0.15) is 15.9 Å². The number of nitrogens with zero attached hydrogens (tertiary/aromatic N) is 1. The van der Waals surface area contributed by atoms with E-state index in [0.29, 0.717) is 11.4 Å². The van der Waals surface area contributed by atoms with E-state index in [9.17, 15) is 14.9 Å². The Morgan fingerprint density at radius 2 is 2.00 bits per heavy atom. The first kappa shape index (κ1) is 14.5. The van der Waals surface area contributed by atoms with Gasteiger partial charge in [-0.3, -0.25) is 14.9 Å². The highest BCUT2D eigenvalue weighted by atomic mass is 16.6. The van der Waals surface area contributed by atoms with Gasteiger partial charge in [0.15, 0.2) is 0 Å². The lowest BCUT2D eigenvalue weighted by Gasteiger charge is -2.11. The van der Waals surface area contributed by atoms with E-state index in [4.69, 9.17) is 4.74 Å². The van der Waals surface area contributed by atoms with Gasteiger partial charge in [-0.25, -0.2) is 0 Å². The van der Waals surface area contributed by atoms with E-state index >= 15 is 0 Å². The Morgan fingerprint density at radius 1 is 1.24 bits per heavy atom. The van der Waals surface area contributed by atoms with Gasteiger partial charge in [0.05, 0.1) is 17.7 Å². The number of methoxy groups -OCH3 is 1. The molecule has 0 heterocycles. The smallest absolute Gasteiger partial charge is 0.270 e. The highest BCUT2D eigenvalue weighted by molar-refractivity contribution is 6.05. The van der Waals surface area contributed by atoms with Gasteiger partial charge in [0, 0.05) is 17.7 Å². The van der Waals surface area contributed by atoms with Crippen molar-refractivity contribution >= 4 is 17.3 Å². The molecule has 0 aliphatic rings. The molecule has 1 amide bonds. The quantitative estimate of drug-likeness (QED) is 0.691. The van der Waals surface area contributed by atoms with Crippen molar-refractivity contribution in [1.82, 2.24) is 0 Å². The van der Waals surface area contributed by atoms with Crippen LogP contribution in [0.25, 0.3) is 0 Å². The van der Waals surface area contributed by atoms with E-state index in [0.717, 1.165) is 5.56 Å². The standard InChI is InChI=1S/C15H14N2O4/c1-10-6-7-14(21-2)13(8-10)16-15(18)11-4-3-5-12(9-11)17(19)20/h3-9H,1-2H3,(H,16,18). The molecule has 6 heteroatoms. The molecule has 0 fully saturated rings. The Kier molecular flexibility index (Phi) is 4.18. The molecule has 0 spiro atoms. The Labute approximate surface area is 121 Å². The van der Waals surface area contributed by atoms with E-state index in [-0.39, 0.29) is 11.3 Å². The van der Waals surface area contributed by atoms with E-state index in [1.165, 1.54) is 31.4 Å². The molecule has 2 rings (SSSR count). The lowest BCUT2D eigenvalue weighted by molar-refractivity contribution is -0.384. The number of benzene rings is 2. The molecule has 0 aliphatic heterocycles. The Bertz CT molecular complexity index is 698. The molecule has 0 saturated carbocycles. The summed E-state index contributed by atoms with van der Waals surface area (Å²) in [6.45, 7) is 1.89. The van der Waals surface area contributed by atoms with Crippen molar-refractivity contribution in [1.29, 1.82) is 0 Å². The van der Waals surface area contributed by atoms with Crippen LogP contribution in [0, 0.1) is 17.0 Å². The molecule has 0 atom stereocenters. The average Bonchev–Trinajstić information content (AvgIpc) is 2.47. The van der Waals surface area contributed by atoms with Gasteiger partial charge in [0.1, 0.15) is 5.75 Å². The number of amides is 1. The molecular formula is C15H14N2O4. The fourth-order valence-corrected chi connectivity index (χ4v) is 1.87. The number of ether oxygens (including phenoxy) is 1. The van der Waals surface area contributed by atoms with Gasteiger partial charge in [-0.2, -0.15) is 0 Å². The first-order chi connectivity index (χ1) is 10.0. The second-order valence-electron chi connectivity index (χ2n) is 4.47. The van der Waals surface area contributed by atoms with Crippen LogP contribution >= 0.6 is 0 Å². The minimum absolute atomic E-state index is 0.126. The van der Waals surface area contributed by atoms with Crippen LogP contribution in [-0.4, -0.2) is 17.9 Å². The number of nitrogens with one attached hydrogen (secondary N) is 1.